The van der Waals surface area contributed by atoms with Crippen molar-refractivity contribution in [2.45, 2.75) is 82.4 Å². The van der Waals surface area contributed by atoms with E-state index in [0.717, 1.165) is 16.3 Å². The zero-order valence-electron chi connectivity index (χ0n) is 26.8. The van der Waals surface area contributed by atoms with Gasteiger partial charge in [0.1, 0.15) is 24.7 Å². The molecule has 46 heavy (non-hydrogen) atoms. The van der Waals surface area contributed by atoms with E-state index < -0.39 is 57.8 Å². The Balaban J connectivity index is 1.62. The first-order valence-electron chi connectivity index (χ1n) is 15.1. The lowest BCUT2D eigenvalue weighted by atomic mass is 9.90. The Kier molecular flexibility index (Phi) is 12.8. The molecule has 1 fully saturated rings. The first-order valence-corrected chi connectivity index (χ1v) is 16.2. The van der Waals surface area contributed by atoms with Crippen molar-refractivity contribution in [3.8, 4) is 0 Å². The molecule has 0 saturated carbocycles. The van der Waals surface area contributed by atoms with Crippen molar-refractivity contribution < 1.29 is 29.0 Å². The SMILES string of the molecule is CC(NC(=O)[C@@H](NC(=O)C(C)(C)/C=C/c1cc2cc([C@@H](C)O)ccc2cn1)C(C)C)C(=O)N1CCC[C@@H](C(=O)OCC(Cl)(Cl)Cl)N1. The standard InChI is InChI=1S/C32H42Cl3N5O6/c1-18(2)26(27(42)37-19(3)28(43)40-13-7-8-25(39-40)29(44)46-17-32(33,34)35)38-30(45)31(5,6)12-11-24-15-23-14-21(20(4)41)9-10-22(23)16-36-24/h9-12,14-16,18-20,25-26,39,41H,7-8,13,17H2,1-6H3,(H,37,42)(H,38,45)/b12-11+/t19?,20-,25+,26+/m1/s1. The van der Waals surface area contributed by atoms with E-state index in [2.05, 4.69) is 21.0 Å². The van der Waals surface area contributed by atoms with Gasteiger partial charge in [0.15, 0.2) is 0 Å². The number of benzene rings is 1. The number of ether oxygens (including phenoxy) is 1. The number of esters is 1. The number of hydrogen-bond acceptors (Lipinski definition) is 8. The van der Waals surface area contributed by atoms with Crippen LogP contribution in [-0.4, -0.2) is 73.9 Å². The molecule has 0 spiro atoms. The summed E-state index contributed by atoms with van der Waals surface area (Å²) in [5.74, 6) is -2.33. The van der Waals surface area contributed by atoms with Crippen LogP contribution in [-0.2, 0) is 23.9 Å². The number of pyridine rings is 1. The Morgan fingerprint density at radius 3 is 2.43 bits per heavy atom. The monoisotopic (exact) mass is 697 g/mol. The Morgan fingerprint density at radius 1 is 1.11 bits per heavy atom. The number of amides is 3. The summed E-state index contributed by atoms with van der Waals surface area (Å²) in [7, 11) is 0. The van der Waals surface area contributed by atoms with E-state index in [-0.39, 0.29) is 11.8 Å². The van der Waals surface area contributed by atoms with Crippen molar-refractivity contribution in [3.05, 3.63) is 47.8 Å². The van der Waals surface area contributed by atoms with Crippen molar-refractivity contribution in [3.63, 3.8) is 0 Å². The fraction of sp³-hybridized carbons (Fsp3) is 0.531. The van der Waals surface area contributed by atoms with Crippen LogP contribution in [0.3, 0.4) is 0 Å². The van der Waals surface area contributed by atoms with Gasteiger partial charge in [0, 0.05) is 18.1 Å². The maximum absolute atomic E-state index is 13.4. The number of carbonyl (C=O) groups excluding carboxylic acids is 4. The van der Waals surface area contributed by atoms with Crippen LogP contribution in [0.5, 0.6) is 0 Å². The predicted octanol–water partition coefficient (Wildman–Crippen LogP) is 4.38. The zero-order valence-corrected chi connectivity index (χ0v) is 29.0. The smallest absolute Gasteiger partial charge is 0.325 e. The average Bonchev–Trinajstić information content (AvgIpc) is 2.99. The van der Waals surface area contributed by atoms with Gasteiger partial charge in [-0.05, 0) is 75.6 Å². The summed E-state index contributed by atoms with van der Waals surface area (Å²) in [5, 5.41) is 18.5. The normalized spacial score (nSPS) is 17.9. The summed E-state index contributed by atoms with van der Waals surface area (Å²) >= 11 is 17.0. The Labute approximate surface area is 284 Å². The second-order valence-electron chi connectivity index (χ2n) is 12.4. The number of nitrogens with zero attached hydrogens (tertiary/aromatic N) is 2. The molecule has 4 N–H and O–H groups in total. The molecule has 11 nitrogen and oxygen atoms in total. The number of aliphatic hydroxyl groups is 1. The van der Waals surface area contributed by atoms with E-state index in [1.807, 2.05) is 24.3 Å². The molecule has 1 unspecified atom stereocenters. The van der Waals surface area contributed by atoms with Crippen LogP contribution in [0.15, 0.2) is 36.5 Å². The number of halogens is 3. The van der Waals surface area contributed by atoms with E-state index in [1.54, 1.807) is 53.0 Å². The first kappa shape index (κ1) is 37.5. The van der Waals surface area contributed by atoms with Gasteiger partial charge in [-0.25, -0.2) is 5.43 Å². The highest BCUT2D eigenvalue weighted by molar-refractivity contribution is 6.67. The Hall–Kier alpha value is -2.96. The molecule has 252 valence electrons. The number of carbonyl (C=O) groups is 4. The Bertz CT molecular complexity index is 1460. The number of alkyl halides is 3. The quantitative estimate of drug-likeness (QED) is 0.200. The minimum absolute atomic E-state index is 0.290. The lowest BCUT2D eigenvalue weighted by molar-refractivity contribution is -0.152. The molecule has 0 radical (unpaired) electrons. The third-order valence-electron chi connectivity index (χ3n) is 7.59. The maximum atomic E-state index is 13.4. The largest absolute Gasteiger partial charge is 0.460 e. The van der Waals surface area contributed by atoms with Crippen molar-refractivity contribution in [2.75, 3.05) is 13.2 Å². The van der Waals surface area contributed by atoms with Gasteiger partial charge in [0.2, 0.25) is 15.6 Å². The average molecular weight is 699 g/mol. The topological polar surface area (TPSA) is 150 Å². The minimum atomic E-state index is -1.76. The minimum Gasteiger partial charge on any atom is -0.460 e. The number of aliphatic hydroxyl groups excluding tert-OH is 1. The molecule has 3 rings (SSSR count). The van der Waals surface area contributed by atoms with E-state index in [9.17, 15) is 24.3 Å². The zero-order chi connectivity index (χ0) is 34.4. The van der Waals surface area contributed by atoms with Crippen LogP contribution in [0.25, 0.3) is 16.8 Å². The first-order chi connectivity index (χ1) is 21.4. The van der Waals surface area contributed by atoms with Gasteiger partial charge < -0.3 is 20.5 Å². The van der Waals surface area contributed by atoms with E-state index in [0.29, 0.717) is 25.1 Å². The molecule has 14 heteroatoms. The predicted molar refractivity (Wildman–Crippen MR) is 179 cm³/mol. The second kappa shape index (κ2) is 15.8. The lowest BCUT2D eigenvalue weighted by Crippen LogP contribution is -2.61. The second-order valence-corrected chi connectivity index (χ2v) is 14.9. The van der Waals surface area contributed by atoms with Gasteiger partial charge in [-0.1, -0.05) is 66.9 Å². The molecule has 0 bridgehead atoms. The summed E-state index contributed by atoms with van der Waals surface area (Å²) in [6, 6.07) is 4.82. The van der Waals surface area contributed by atoms with Crippen molar-refractivity contribution >= 4 is 75.3 Å². The Morgan fingerprint density at radius 2 is 1.80 bits per heavy atom. The van der Waals surface area contributed by atoms with Crippen molar-refractivity contribution in [2.24, 2.45) is 11.3 Å². The fourth-order valence-electron chi connectivity index (χ4n) is 4.73. The number of rotatable bonds is 11. The van der Waals surface area contributed by atoms with Gasteiger partial charge in [0.25, 0.3) is 5.91 Å². The van der Waals surface area contributed by atoms with Gasteiger partial charge in [-0.3, -0.25) is 29.2 Å². The van der Waals surface area contributed by atoms with E-state index in [1.165, 1.54) is 11.9 Å². The lowest BCUT2D eigenvalue weighted by Gasteiger charge is -2.35. The molecule has 1 aliphatic rings. The van der Waals surface area contributed by atoms with Crippen LogP contribution in [0, 0.1) is 11.3 Å². The van der Waals surface area contributed by atoms with E-state index >= 15 is 0 Å². The summed E-state index contributed by atoms with van der Waals surface area (Å²) < 4.78 is 3.27. The summed E-state index contributed by atoms with van der Waals surface area (Å²) in [4.78, 5) is 56.7. The number of aromatic nitrogens is 1. The summed E-state index contributed by atoms with van der Waals surface area (Å²) in [6.07, 6.45) is 5.51. The summed E-state index contributed by atoms with van der Waals surface area (Å²) in [5.41, 5.74) is 3.24. The van der Waals surface area contributed by atoms with E-state index in [4.69, 9.17) is 39.5 Å². The number of hydrazine groups is 1. The molecular weight excluding hydrogens is 657 g/mol. The molecule has 1 aromatic carbocycles. The molecule has 1 aromatic heterocycles. The summed E-state index contributed by atoms with van der Waals surface area (Å²) in [6.45, 7) is 10.1. The highest BCUT2D eigenvalue weighted by Crippen LogP contribution is 2.27. The fourth-order valence-corrected chi connectivity index (χ4v) is 4.89. The number of fused-ring (bicyclic) bond motifs is 1. The van der Waals surface area contributed by atoms with Gasteiger partial charge >= 0.3 is 5.97 Å². The van der Waals surface area contributed by atoms with Crippen LogP contribution in [0.4, 0.5) is 0 Å². The third-order valence-corrected chi connectivity index (χ3v) is 7.91. The molecule has 0 aliphatic carbocycles. The number of hydrogen-bond donors (Lipinski definition) is 4. The molecule has 4 atom stereocenters. The van der Waals surface area contributed by atoms with Crippen LogP contribution >= 0.6 is 34.8 Å². The van der Waals surface area contributed by atoms with Crippen molar-refractivity contribution in [1.29, 1.82) is 0 Å². The number of nitrogens with one attached hydrogen (secondary N) is 3. The van der Waals surface area contributed by atoms with Crippen LogP contribution in [0.1, 0.15) is 71.7 Å². The highest BCUT2D eigenvalue weighted by Gasteiger charge is 2.35. The van der Waals surface area contributed by atoms with Crippen LogP contribution < -0.4 is 16.1 Å². The van der Waals surface area contributed by atoms with Gasteiger partial charge in [-0.2, -0.15) is 0 Å². The molecule has 1 aliphatic heterocycles. The van der Waals surface area contributed by atoms with Crippen LogP contribution in [0.2, 0.25) is 0 Å². The van der Waals surface area contributed by atoms with Gasteiger partial charge in [0.05, 0.1) is 17.2 Å². The maximum Gasteiger partial charge on any atom is 0.325 e. The molecular formula is C32H42Cl3N5O6. The highest BCUT2D eigenvalue weighted by atomic mass is 35.6. The molecule has 3 amide bonds. The molecule has 1 saturated heterocycles. The third kappa shape index (κ3) is 10.5. The molecule has 2 heterocycles. The van der Waals surface area contributed by atoms with Gasteiger partial charge in [-0.15, -0.1) is 0 Å². The molecule has 2 aromatic rings. The van der Waals surface area contributed by atoms with Crippen molar-refractivity contribution in [1.82, 2.24) is 26.1 Å².